The van der Waals surface area contributed by atoms with Gasteiger partial charge in [0.1, 0.15) is 0 Å². The van der Waals surface area contributed by atoms with Gasteiger partial charge < -0.3 is 5.32 Å². The molecule has 0 aromatic rings. The highest BCUT2D eigenvalue weighted by molar-refractivity contribution is 5.90. The molecule has 1 aliphatic carbocycles. The van der Waals surface area contributed by atoms with Crippen LogP contribution in [0.3, 0.4) is 0 Å². The number of nitrogens with one attached hydrogen (secondary N) is 1. The lowest BCUT2D eigenvalue weighted by atomic mass is 9.90. The van der Waals surface area contributed by atoms with Crippen molar-refractivity contribution in [2.45, 2.75) is 47.0 Å². The maximum absolute atomic E-state index is 11.8. The summed E-state index contributed by atoms with van der Waals surface area (Å²) < 4.78 is 0. The van der Waals surface area contributed by atoms with E-state index in [4.69, 9.17) is 0 Å². The first kappa shape index (κ1) is 13.2. The molecule has 0 spiro atoms. The Labute approximate surface area is 98.0 Å². The number of ketones is 1. The summed E-state index contributed by atoms with van der Waals surface area (Å²) in [6.45, 7) is 7.91. The van der Waals surface area contributed by atoms with Crippen molar-refractivity contribution in [1.82, 2.24) is 5.32 Å². The molecule has 1 amide bonds. The van der Waals surface area contributed by atoms with Gasteiger partial charge in [0.25, 0.3) is 0 Å². The number of carbonyl (C=O) groups excluding carboxylic acids is 2. The Kier molecular flexibility index (Phi) is 4.11. The lowest BCUT2D eigenvalue weighted by molar-refractivity contribution is -0.131. The van der Waals surface area contributed by atoms with E-state index in [2.05, 4.69) is 12.2 Å². The summed E-state index contributed by atoms with van der Waals surface area (Å²) in [5.41, 5.74) is -0.366. The Balaban J connectivity index is 2.38. The van der Waals surface area contributed by atoms with Crippen LogP contribution < -0.4 is 5.32 Å². The van der Waals surface area contributed by atoms with Gasteiger partial charge in [0.05, 0.1) is 6.54 Å². The van der Waals surface area contributed by atoms with E-state index < -0.39 is 0 Å². The number of Topliss-reactive ketones (excluding diaryl/α,β-unsaturated/α-hetero) is 1. The Morgan fingerprint density at radius 3 is 2.31 bits per heavy atom. The highest BCUT2D eigenvalue weighted by atomic mass is 16.2. The van der Waals surface area contributed by atoms with E-state index in [1.54, 1.807) is 0 Å². The maximum Gasteiger partial charge on any atom is 0.223 e. The van der Waals surface area contributed by atoms with Crippen LogP contribution in [-0.4, -0.2) is 18.2 Å². The highest BCUT2D eigenvalue weighted by Gasteiger charge is 2.30. The van der Waals surface area contributed by atoms with E-state index in [0.717, 1.165) is 19.3 Å². The van der Waals surface area contributed by atoms with Crippen molar-refractivity contribution in [2.24, 2.45) is 17.3 Å². The molecular formula is C13H23NO2. The van der Waals surface area contributed by atoms with E-state index >= 15 is 0 Å². The van der Waals surface area contributed by atoms with E-state index in [1.165, 1.54) is 0 Å². The second kappa shape index (κ2) is 4.98. The van der Waals surface area contributed by atoms with E-state index in [9.17, 15) is 9.59 Å². The zero-order valence-electron chi connectivity index (χ0n) is 10.8. The number of rotatable bonds is 3. The van der Waals surface area contributed by atoms with Crippen LogP contribution in [0.4, 0.5) is 0 Å². The number of hydrogen-bond donors (Lipinski definition) is 1. The standard InChI is InChI=1S/C13H23NO2/c1-9-6-5-7-10(9)12(16)14-8-11(15)13(2,3)4/h9-10H,5-8H2,1-4H3,(H,14,16). The molecule has 0 aromatic heterocycles. The van der Waals surface area contributed by atoms with Crippen molar-refractivity contribution in [3.8, 4) is 0 Å². The Hall–Kier alpha value is -0.860. The van der Waals surface area contributed by atoms with Gasteiger partial charge in [-0.3, -0.25) is 9.59 Å². The summed E-state index contributed by atoms with van der Waals surface area (Å²) >= 11 is 0. The molecule has 3 nitrogen and oxygen atoms in total. The number of amides is 1. The first-order chi connectivity index (χ1) is 7.32. The van der Waals surface area contributed by atoms with Crippen molar-refractivity contribution in [1.29, 1.82) is 0 Å². The quantitative estimate of drug-likeness (QED) is 0.800. The summed E-state index contributed by atoms with van der Waals surface area (Å²) in [4.78, 5) is 23.5. The average molecular weight is 225 g/mol. The van der Waals surface area contributed by atoms with Crippen LogP contribution in [0.5, 0.6) is 0 Å². The minimum atomic E-state index is -0.366. The second-order valence-corrected chi connectivity index (χ2v) is 5.91. The van der Waals surface area contributed by atoms with Gasteiger partial charge in [0, 0.05) is 11.3 Å². The SMILES string of the molecule is CC1CCCC1C(=O)NCC(=O)C(C)(C)C. The monoisotopic (exact) mass is 225 g/mol. The Morgan fingerprint density at radius 1 is 1.25 bits per heavy atom. The molecule has 1 rings (SSSR count). The third-order valence-corrected chi connectivity index (χ3v) is 3.46. The van der Waals surface area contributed by atoms with Gasteiger partial charge in [-0.15, -0.1) is 0 Å². The van der Waals surface area contributed by atoms with E-state index in [-0.39, 0.29) is 29.6 Å². The van der Waals surface area contributed by atoms with Crippen LogP contribution >= 0.6 is 0 Å². The molecule has 2 unspecified atom stereocenters. The smallest absolute Gasteiger partial charge is 0.223 e. The fourth-order valence-corrected chi connectivity index (χ4v) is 2.10. The summed E-state index contributed by atoms with van der Waals surface area (Å²) in [5, 5.41) is 2.77. The largest absolute Gasteiger partial charge is 0.349 e. The van der Waals surface area contributed by atoms with Crippen LogP contribution in [0.1, 0.15) is 47.0 Å². The van der Waals surface area contributed by atoms with Gasteiger partial charge in [-0.1, -0.05) is 34.1 Å². The van der Waals surface area contributed by atoms with Crippen LogP contribution in [0.2, 0.25) is 0 Å². The van der Waals surface area contributed by atoms with Crippen LogP contribution in [0.25, 0.3) is 0 Å². The van der Waals surface area contributed by atoms with Crippen molar-refractivity contribution in [2.75, 3.05) is 6.54 Å². The number of hydrogen-bond acceptors (Lipinski definition) is 2. The Morgan fingerprint density at radius 2 is 1.88 bits per heavy atom. The molecule has 1 aliphatic rings. The van der Waals surface area contributed by atoms with E-state index in [1.807, 2.05) is 20.8 Å². The van der Waals surface area contributed by atoms with Gasteiger partial charge in [-0.05, 0) is 18.8 Å². The predicted molar refractivity (Wildman–Crippen MR) is 64.0 cm³/mol. The molecule has 3 heteroatoms. The van der Waals surface area contributed by atoms with E-state index in [0.29, 0.717) is 5.92 Å². The Bertz CT molecular complexity index is 278. The van der Waals surface area contributed by atoms with Crippen molar-refractivity contribution >= 4 is 11.7 Å². The molecule has 1 fully saturated rings. The minimum Gasteiger partial charge on any atom is -0.349 e. The molecular weight excluding hydrogens is 202 g/mol. The lowest BCUT2D eigenvalue weighted by Crippen LogP contribution is -2.39. The zero-order valence-corrected chi connectivity index (χ0v) is 10.8. The molecule has 92 valence electrons. The predicted octanol–water partition coefficient (Wildman–Crippen LogP) is 2.15. The van der Waals surface area contributed by atoms with Gasteiger partial charge >= 0.3 is 0 Å². The van der Waals surface area contributed by atoms with Crippen LogP contribution in [-0.2, 0) is 9.59 Å². The van der Waals surface area contributed by atoms with Gasteiger partial charge in [-0.25, -0.2) is 0 Å². The normalized spacial score (nSPS) is 25.5. The fourth-order valence-electron chi connectivity index (χ4n) is 2.10. The minimum absolute atomic E-state index is 0.0580. The maximum atomic E-state index is 11.8. The molecule has 0 heterocycles. The van der Waals surface area contributed by atoms with Gasteiger partial charge in [-0.2, -0.15) is 0 Å². The van der Waals surface area contributed by atoms with Crippen LogP contribution in [0, 0.1) is 17.3 Å². The number of carbonyl (C=O) groups is 2. The molecule has 0 saturated heterocycles. The third kappa shape index (κ3) is 3.32. The van der Waals surface area contributed by atoms with Crippen molar-refractivity contribution < 1.29 is 9.59 Å². The summed E-state index contributed by atoms with van der Waals surface area (Å²) in [7, 11) is 0. The summed E-state index contributed by atoms with van der Waals surface area (Å²) in [6.07, 6.45) is 3.23. The molecule has 2 atom stereocenters. The molecule has 1 N–H and O–H groups in total. The first-order valence-corrected chi connectivity index (χ1v) is 6.13. The summed E-state index contributed by atoms with van der Waals surface area (Å²) in [6, 6.07) is 0. The topological polar surface area (TPSA) is 46.2 Å². The average Bonchev–Trinajstić information content (AvgIpc) is 2.58. The molecule has 16 heavy (non-hydrogen) atoms. The summed E-state index contributed by atoms with van der Waals surface area (Å²) in [5.74, 6) is 0.728. The van der Waals surface area contributed by atoms with Gasteiger partial charge in [0.2, 0.25) is 5.91 Å². The first-order valence-electron chi connectivity index (χ1n) is 6.13. The molecule has 0 aromatic carbocycles. The lowest BCUT2D eigenvalue weighted by Gasteiger charge is -2.19. The fraction of sp³-hybridized carbons (Fsp3) is 0.846. The second-order valence-electron chi connectivity index (χ2n) is 5.91. The molecule has 0 radical (unpaired) electrons. The third-order valence-electron chi connectivity index (χ3n) is 3.46. The highest BCUT2D eigenvalue weighted by Crippen LogP contribution is 2.31. The molecule has 1 saturated carbocycles. The van der Waals surface area contributed by atoms with Crippen molar-refractivity contribution in [3.63, 3.8) is 0 Å². The van der Waals surface area contributed by atoms with Crippen LogP contribution in [0.15, 0.2) is 0 Å². The van der Waals surface area contributed by atoms with Gasteiger partial charge in [0.15, 0.2) is 5.78 Å². The van der Waals surface area contributed by atoms with Crippen molar-refractivity contribution in [3.05, 3.63) is 0 Å². The molecule has 0 aliphatic heterocycles. The zero-order chi connectivity index (χ0) is 12.3. The molecule has 0 bridgehead atoms.